The second-order valence-corrected chi connectivity index (χ2v) is 15.7. The molecule has 0 N–H and O–H groups in total. The molecule has 1 saturated heterocycles. The molecule has 13 heteroatoms. The molecule has 0 radical (unpaired) electrons. The van der Waals surface area contributed by atoms with Crippen molar-refractivity contribution in [3.63, 3.8) is 0 Å². The molecule has 6 rings (SSSR count). The molecule has 2 heterocycles. The van der Waals surface area contributed by atoms with E-state index in [2.05, 4.69) is 4.98 Å². The Morgan fingerprint density at radius 1 is 0.865 bits per heavy atom. The van der Waals surface area contributed by atoms with Gasteiger partial charge in [0.15, 0.2) is 0 Å². The SMILES string of the molecule is COc1ccc(C(OC(C)=O)C2C(=O)N(C(C(=O)OCc3ccc([N+](=O)[O-])cc3)=P(c3ccccc3)(c3ccccc3)c3ccccc3)C2S)cn1. The number of esters is 2. The van der Waals surface area contributed by atoms with Crippen LogP contribution in [0.4, 0.5) is 5.69 Å². The van der Waals surface area contributed by atoms with Gasteiger partial charge in [0, 0.05) is 43.8 Å². The minimum atomic E-state index is -3.25. The maximum absolute atomic E-state index is 14.9. The number of β-lactam (4-membered cyclic amide) rings is 1. The zero-order chi connectivity index (χ0) is 36.8. The number of benzene rings is 4. The number of carbonyl (C=O) groups excluding carboxylic acids is 3. The van der Waals surface area contributed by atoms with E-state index >= 15 is 0 Å². The van der Waals surface area contributed by atoms with Gasteiger partial charge in [-0.3, -0.25) is 24.6 Å². The number of likely N-dealkylation sites (tertiary alicyclic amines) is 1. The normalized spacial score (nSPS) is 15.9. The molecule has 11 nitrogen and oxygen atoms in total. The fraction of sp³-hybridized carbons (Fsp3) is 0.154. The van der Waals surface area contributed by atoms with Crippen molar-refractivity contribution in [3.05, 3.63) is 155 Å². The van der Waals surface area contributed by atoms with Crippen molar-refractivity contribution in [2.24, 2.45) is 5.92 Å². The van der Waals surface area contributed by atoms with Gasteiger partial charge in [-0.05, 0) is 39.7 Å². The number of pyridine rings is 1. The first-order valence-electron chi connectivity index (χ1n) is 16.2. The topological polar surface area (TPSA) is 138 Å². The molecule has 1 amide bonds. The molecule has 0 spiro atoms. The Morgan fingerprint density at radius 3 is 1.83 bits per heavy atom. The van der Waals surface area contributed by atoms with Crippen molar-refractivity contribution in [3.8, 4) is 5.88 Å². The monoisotopic (exact) mass is 735 g/mol. The number of hydrogen-bond donors (Lipinski definition) is 1. The van der Waals surface area contributed by atoms with Gasteiger partial charge in [0.25, 0.3) is 5.69 Å². The zero-order valence-corrected chi connectivity index (χ0v) is 29.9. The number of nitro benzene ring substituents is 1. The van der Waals surface area contributed by atoms with E-state index in [0.717, 1.165) is 15.9 Å². The number of nitro groups is 1. The molecular weight excluding hydrogens is 701 g/mol. The van der Waals surface area contributed by atoms with Crippen LogP contribution in [0.3, 0.4) is 0 Å². The fourth-order valence-corrected chi connectivity index (χ4v) is 11.3. The Morgan fingerprint density at radius 2 is 1.40 bits per heavy atom. The number of amides is 1. The third kappa shape index (κ3) is 6.95. The first-order valence-corrected chi connectivity index (χ1v) is 18.5. The molecule has 4 aromatic carbocycles. The van der Waals surface area contributed by atoms with Gasteiger partial charge in [0.1, 0.15) is 24.0 Å². The van der Waals surface area contributed by atoms with Crippen LogP contribution in [-0.2, 0) is 30.5 Å². The van der Waals surface area contributed by atoms with Crippen molar-refractivity contribution in [1.29, 1.82) is 0 Å². The molecular formula is C39H34N3O8PS. The van der Waals surface area contributed by atoms with Crippen LogP contribution in [0, 0.1) is 16.0 Å². The lowest BCUT2D eigenvalue weighted by atomic mass is 9.88. The van der Waals surface area contributed by atoms with Crippen LogP contribution < -0.4 is 20.7 Å². The van der Waals surface area contributed by atoms with Gasteiger partial charge >= 0.3 is 11.9 Å². The lowest BCUT2D eigenvalue weighted by Gasteiger charge is -2.49. The van der Waals surface area contributed by atoms with E-state index < -0.39 is 47.1 Å². The largest absolute Gasteiger partial charge is 0.481 e. The van der Waals surface area contributed by atoms with E-state index in [0.29, 0.717) is 17.0 Å². The molecule has 1 aliphatic heterocycles. The number of hydrogen-bond acceptors (Lipinski definition) is 10. The van der Waals surface area contributed by atoms with Crippen LogP contribution in [0.2, 0.25) is 0 Å². The number of ether oxygens (including phenoxy) is 3. The standard InChI is InChI=1S/C39H34N3O8PS/c1-26(43)50-35(28-20-23-33(48-2)40-24-28)34-36(44)41(38(34)52)37(39(45)49-25-27-18-21-29(22-19-27)42(46)47)51(30-12-6-3-7-13-30,31-14-8-4-9-15-31)32-16-10-5-11-17-32/h3-24,34-35,38,52H,25H2,1-2H3. The van der Waals surface area contributed by atoms with Gasteiger partial charge in [0.2, 0.25) is 11.8 Å². The Balaban J connectivity index is 1.57. The number of non-ortho nitro benzene ring substituents is 1. The number of thiol groups is 1. The lowest BCUT2D eigenvalue weighted by Crippen LogP contribution is -2.65. The molecule has 1 fully saturated rings. The van der Waals surface area contributed by atoms with Gasteiger partial charge in [-0.25, -0.2) is 9.78 Å². The van der Waals surface area contributed by atoms with Gasteiger partial charge in [-0.2, -0.15) is 12.6 Å². The first-order chi connectivity index (χ1) is 25.2. The highest BCUT2D eigenvalue weighted by Crippen LogP contribution is 2.51. The first kappa shape index (κ1) is 36.1. The van der Waals surface area contributed by atoms with E-state index in [1.165, 1.54) is 49.4 Å². The van der Waals surface area contributed by atoms with Crippen molar-refractivity contribution in [2.45, 2.75) is 25.0 Å². The van der Waals surface area contributed by atoms with Crippen LogP contribution in [0.15, 0.2) is 134 Å². The van der Waals surface area contributed by atoms with E-state index in [-0.39, 0.29) is 17.7 Å². The Kier molecular flexibility index (Phi) is 10.9. The van der Waals surface area contributed by atoms with E-state index in [4.69, 9.17) is 26.8 Å². The van der Waals surface area contributed by atoms with E-state index in [9.17, 15) is 24.5 Å². The highest BCUT2D eigenvalue weighted by Gasteiger charge is 2.56. The van der Waals surface area contributed by atoms with Gasteiger partial charge in [-0.15, -0.1) is 0 Å². The minimum Gasteiger partial charge on any atom is -0.481 e. The summed E-state index contributed by atoms with van der Waals surface area (Å²) < 4.78 is 17.0. The van der Waals surface area contributed by atoms with Crippen molar-refractivity contribution >= 4 is 64.4 Å². The van der Waals surface area contributed by atoms with Crippen molar-refractivity contribution < 1.29 is 33.5 Å². The molecule has 1 aliphatic rings. The van der Waals surface area contributed by atoms with E-state index in [1.54, 1.807) is 12.1 Å². The molecule has 52 heavy (non-hydrogen) atoms. The third-order valence-corrected chi connectivity index (χ3v) is 13.5. The van der Waals surface area contributed by atoms with Crippen LogP contribution in [0.25, 0.3) is 0 Å². The number of methoxy groups -OCH3 is 1. The Bertz CT molecular complexity index is 2030. The summed E-state index contributed by atoms with van der Waals surface area (Å²) in [7, 11) is 1.47. The predicted molar refractivity (Wildman–Crippen MR) is 201 cm³/mol. The average Bonchev–Trinajstić information content (AvgIpc) is 3.18. The maximum atomic E-state index is 14.9. The van der Waals surface area contributed by atoms with Crippen LogP contribution >= 0.6 is 19.5 Å². The molecule has 0 saturated carbocycles. The molecule has 0 bridgehead atoms. The van der Waals surface area contributed by atoms with Crippen LogP contribution in [0.5, 0.6) is 5.88 Å². The summed E-state index contributed by atoms with van der Waals surface area (Å²) in [5, 5.41) is 12.6. The second-order valence-electron chi connectivity index (χ2n) is 11.8. The number of carbonyl (C=O) groups is 3. The summed E-state index contributed by atoms with van der Waals surface area (Å²) in [5.74, 6) is -2.55. The van der Waals surface area contributed by atoms with Crippen LogP contribution in [-0.4, -0.2) is 50.6 Å². The summed E-state index contributed by atoms with van der Waals surface area (Å²) in [6.45, 7) is -2.23. The smallest absolute Gasteiger partial charge is 0.356 e. The Labute approximate surface area is 305 Å². The van der Waals surface area contributed by atoms with Gasteiger partial charge in [0.05, 0.1) is 17.4 Å². The predicted octanol–water partition coefficient (Wildman–Crippen LogP) is 5.18. The quantitative estimate of drug-likeness (QED) is 0.0459. The molecule has 264 valence electrons. The summed E-state index contributed by atoms with van der Waals surface area (Å²) in [4.78, 5) is 58.4. The molecule has 5 aromatic rings. The molecule has 1 aromatic heterocycles. The summed E-state index contributed by atoms with van der Waals surface area (Å²) in [6.07, 6.45) is 0.402. The van der Waals surface area contributed by atoms with Gasteiger partial charge in [-0.1, -0.05) is 91.0 Å². The third-order valence-electron chi connectivity index (χ3n) is 8.70. The zero-order valence-electron chi connectivity index (χ0n) is 28.1. The molecule has 3 unspecified atom stereocenters. The highest BCUT2D eigenvalue weighted by molar-refractivity contribution is 7.96. The minimum absolute atomic E-state index is 0.0775. The number of rotatable bonds is 12. The molecule has 0 aliphatic carbocycles. The lowest BCUT2D eigenvalue weighted by molar-refractivity contribution is -0.384. The average molecular weight is 736 g/mol. The van der Waals surface area contributed by atoms with Crippen molar-refractivity contribution in [2.75, 3.05) is 7.11 Å². The number of nitrogens with zero attached hydrogens (tertiary/aromatic N) is 3. The number of aromatic nitrogens is 1. The highest BCUT2D eigenvalue weighted by atomic mass is 32.1. The summed E-state index contributed by atoms with van der Waals surface area (Å²) >= 11 is 4.95. The fourth-order valence-electron chi connectivity index (χ4n) is 6.31. The van der Waals surface area contributed by atoms with Crippen molar-refractivity contribution in [1.82, 2.24) is 9.88 Å². The van der Waals surface area contributed by atoms with E-state index in [1.807, 2.05) is 91.0 Å². The Hall–Kier alpha value is -5.71. The van der Waals surface area contributed by atoms with Gasteiger partial charge < -0.3 is 14.2 Å². The maximum Gasteiger partial charge on any atom is 0.356 e. The molecule has 3 atom stereocenters. The summed E-state index contributed by atoms with van der Waals surface area (Å²) in [6, 6.07) is 37.4. The second kappa shape index (κ2) is 15.7. The van der Waals surface area contributed by atoms with Crippen LogP contribution in [0.1, 0.15) is 24.2 Å². The summed E-state index contributed by atoms with van der Waals surface area (Å²) in [5.41, 5.74) is 0.937.